The molecule has 2 saturated heterocycles. The molecule has 2 aliphatic rings. The number of hydrogen-bond donors (Lipinski definition) is 2. The molecule has 0 spiro atoms. The average molecular weight is 566 g/mol. The van der Waals surface area contributed by atoms with Gasteiger partial charge in [0, 0.05) is 43.3 Å². The highest BCUT2D eigenvalue weighted by molar-refractivity contribution is 6.01. The lowest BCUT2D eigenvalue weighted by Gasteiger charge is -2.24. The largest absolute Gasteiger partial charge is 0.331 e. The molecule has 216 valence electrons. The van der Waals surface area contributed by atoms with E-state index < -0.39 is 12.1 Å². The third-order valence-corrected chi connectivity index (χ3v) is 7.73. The molecule has 9 heteroatoms. The summed E-state index contributed by atoms with van der Waals surface area (Å²) in [6.45, 7) is 2.99. The van der Waals surface area contributed by atoms with Gasteiger partial charge in [0.2, 0.25) is 17.7 Å². The Bertz CT molecular complexity index is 1450. The van der Waals surface area contributed by atoms with E-state index >= 15 is 0 Å². The fourth-order valence-electron chi connectivity index (χ4n) is 5.48. The Balaban J connectivity index is 1.14. The number of aromatic nitrogens is 1. The molecule has 0 saturated carbocycles. The average Bonchev–Trinajstić information content (AvgIpc) is 3.72. The molecule has 5 rings (SSSR count). The van der Waals surface area contributed by atoms with E-state index in [1.807, 2.05) is 67.6 Å². The van der Waals surface area contributed by atoms with Crippen molar-refractivity contribution in [2.75, 3.05) is 23.7 Å². The number of nitrogens with one attached hydrogen (secondary N) is 2. The molecule has 4 amide bonds. The van der Waals surface area contributed by atoms with Gasteiger partial charge in [-0.2, -0.15) is 0 Å². The summed E-state index contributed by atoms with van der Waals surface area (Å²) >= 11 is 0. The molecule has 0 radical (unpaired) electrons. The van der Waals surface area contributed by atoms with E-state index in [-0.39, 0.29) is 23.6 Å². The second kappa shape index (κ2) is 13.2. The lowest BCUT2D eigenvalue weighted by Crippen LogP contribution is -2.43. The summed E-state index contributed by atoms with van der Waals surface area (Å²) in [5.41, 5.74) is 3.76. The van der Waals surface area contributed by atoms with Crippen LogP contribution in [0, 0.1) is 0 Å². The summed E-state index contributed by atoms with van der Waals surface area (Å²) < 4.78 is 0. The maximum Gasteiger partial charge on any atom is 0.256 e. The zero-order chi connectivity index (χ0) is 29.5. The Kier molecular flexibility index (Phi) is 9.06. The summed E-state index contributed by atoms with van der Waals surface area (Å²) in [5.74, 6) is -0.513. The minimum absolute atomic E-state index is 0.0114. The molecule has 0 unspecified atom stereocenters. The van der Waals surface area contributed by atoms with Crippen LogP contribution in [-0.2, 0) is 14.4 Å². The molecule has 0 bridgehead atoms. The second-order valence-electron chi connectivity index (χ2n) is 10.6. The molecule has 0 aliphatic carbocycles. The fraction of sp³-hybridized carbons (Fsp3) is 0.303. The van der Waals surface area contributed by atoms with Crippen LogP contribution in [0.25, 0.3) is 12.2 Å². The molecule has 2 fully saturated rings. The van der Waals surface area contributed by atoms with E-state index in [2.05, 4.69) is 15.6 Å². The van der Waals surface area contributed by atoms with Crippen LogP contribution in [0.4, 0.5) is 11.4 Å². The van der Waals surface area contributed by atoms with Gasteiger partial charge in [-0.05, 0) is 73.2 Å². The van der Waals surface area contributed by atoms with Crippen LogP contribution in [-0.4, -0.2) is 63.6 Å². The maximum atomic E-state index is 13.0. The molecule has 2 N–H and O–H groups in total. The molecule has 1 aromatic heterocycles. The molecule has 3 heterocycles. The number of hydrogen-bond acceptors (Lipinski definition) is 5. The zero-order valence-electron chi connectivity index (χ0n) is 23.7. The van der Waals surface area contributed by atoms with Crippen LogP contribution in [0.3, 0.4) is 0 Å². The first-order valence-electron chi connectivity index (χ1n) is 14.4. The first-order chi connectivity index (χ1) is 20.4. The Morgan fingerprint density at radius 1 is 0.786 bits per heavy atom. The number of rotatable bonds is 8. The van der Waals surface area contributed by atoms with Crippen LogP contribution in [0.5, 0.6) is 0 Å². The van der Waals surface area contributed by atoms with Gasteiger partial charge in [-0.25, -0.2) is 0 Å². The molecular formula is C33H35N5O4. The topological polar surface area (TPSA) is 112 Å². The third-order valence-electron chi connectivity index (χ3n) is 7.73. The van der Waals surface area contributed by atoms with Crippen molar-refractivity contribution in [3.63, 3.8) is 0 Å². The van der Waals surface area contributed by atoms with Crippen molar-refractivity contribution < 1.29 is 19.2 Å². The first kappa shape index (κ1) is 28.7. The summed E-state index contributed by atoms with van der Waals surface area (Å²) in [6.07, 6.45) is 10.4. The van der Waals surface area contributed by atoms with E-state index in [9.17, 15) is 19.2 Å². The molecule has 9 nitrogen and oxygen atoms in total. The van der Waals surface area contributed by atoms with E-state index in [4.69, 9.17) is 0 Å². The molecule has 42 heavy (non-hydrogen) atoms. The highest BCUT2D eigenvalue weighted by atomic mass is 16.2. The van der Waals surface area contributed by atoms with E-state index in [0.29, 0.717) is 49.3 Å². The lowest BCUT2D eigenvalue weighted by atomic mass is 10.1. The van der Waals surface area contributed by atoms with Crippen LogP contribution in [0.2, 0.25) is 0 Å². The van der Waals surface area contributed by atoms with Crippen molar-refractivity contribution in [2.45, 2.75) is 51.1 Å². The van der Waals surface area contributed by atoms with Crippen molar-refractivity contribution in [3.05, 3.63) is 89.7 Å². The summed E-state index contributed by atoms with van der Waals surface area (Å²) in [7, 11) is 0. The number of anilines is 2. The van der Waals surface area contributed by atoms with Crippen molar-refractivity contribution in [2.24, 2.45) is 0 Å². The minimum atomic E-state index is -0.513. The van der Waals surface area contributed by atoms with Crippen LogP contribution in [0.15, 0.2) is 73.1 Å². The van der Waals surface area contributed by atoms with Crippen molar-refractivity contribution in [1.29, 1.82) is 0 Å². The van der Waals surface area contributed by atoms with E-state index in [1.54, 1.807) is 28.1 Å². The second-order valence-corrected chi connectivity index (χ2v) is 10.6. The van der Waals surface area contributed by atoms with Gasteiger partial charge in [-0.1, -0.05) is 43.3 Å². The van der Waals surface area contributed by atoms with Gasteiger partial charge in [0.15, 0.2) is 0 Å². The molecule has 3 aromatic rings. The Morgan fingerprint density at radius 3 is 1.81 bits per heavy atom. The standard InChI is InChI=1S/C33H35N5O4/c1-2-30(39)37-20-4-7-28(37)31(40)35-26-15-11-23(12-16-26)9-10-24-13-17-27(18-14-24)36-32(41)29-8-5-21-38(29)33(42)25-6-3-19-34-22-25/h3,6,9-19,22,28-29H,2,4-5,7-8,20-21H2,1H3,(H,35,40)(H,36,41)/t28-,29-/m0/s1. The fourth-order valence-corrected chi connectivity index (χ4v) is 5.48. The zero-order valence-corrected chi connectivity index (χ0v) is 23.7. The van der Waals surface area contributed by atoms with Crippen molar-refractivity contribution in [1.82, 2.24) is 14.8 Å². The number of benzene rings is 2. The Morgan fingerprint density at radius 2 is 1.31 bits per heavy atom. The minimum Gasteiger partial charge on any atom is -0.331 e. The van der Waals surface area contributed by atoms with Gasteiger partial charge < -0.3 is 20.4 Å². The first-order valence-corrected chi connectivity index (χ1v) is 14.4. The van der Waals surface area contributed by atoms with Crippen LogP contribution < -0.4 is 10.6 Å². The number of amides is 4. The van der Waals surface area contributed by atoms with Gasteiger partial charge in [0.1, 0.15) is 12.1 Å². The number of likely N-dealkylation sites (tertiary alicyclic amines) is 2. The van der Waals surface area contributed by atoms with Gasteiger partial charge in [-0.15, -0.1) is 0 Å². The summed E-state index contributed by atoms with van der Waals surface area (Å²) in [6, 6.07) is 17.6. The lowest BCUT2D eigenvalue weighted by molar-refractivity contribution is -0.136. The summed E-state index contributed by atoms with van der Waals surface area (Å²) in [4.78, 5) is 58.1. The monoisotopic (exact) mass is 565 g/mol. The molecular weight excluding hydrogens is 530 g/mol. The van der Waals surface area contributed by atoms with Gasteiger partial charge in [0.25, 0.3) is 5.91 Å². The Hall–Kier alpha value is -4.79. The van der Waals surface area contributed by atoms with Gasteiger partial charge >= 0.3 is 0 Å². The number of nitrogens with zero attached hydrogens (tertiary/aromatic N) is 3. The quantitative estimate of drug-likeness (QED) is 0.380. The van der Waals surface area contributed by atoms with Crippen LogP contribution >= 0.6 is 0 Å². The van der Waals surface area contributed by atoms with Crippen LogP contribution in [0.1, 0.15) is 60.5 Å². The predicted molar refractivity (Wildman–Crippen MR) is 162 cm³/mol. The number of carbonyl (C=O) groups excluding carboxylic acids is 4. The van der Waals surface area contributed by atoms with E-state index in [1.165, 1.54) is 6.20 Å². The molecule has 2 atom stereocenters. The molecule has 2 aliphatic heterocycles. The van der Waals surface area contributed by atoms with Crippen molar-refractivity contribution >= 4 is 47.2 Å². The Labute approximate surface area is 245 Å². The number of carbonyl (C=O) groups is 4. The smallest absolute Gasteiger partial charge is 0.256 e. The third kappa shape index (κ3) is 6.74. The predicted octanol–water partition coefficient (Wildman–Crippen LogP) is 4.83. The number of pyridine rings is 1. The van der Waals surface area contributed by atoms with Crippen molar-refractivity contribution in [3.8, 4) is 0 Å². The summed E-state index contributed by atoms with van der Waals surface area (Å²) in [5, 5.41) is 5.88. The van der Waals surface area contributed by atoms with Gasteiger partial charge in [-0.3, -0.25) is 24.2 Å². The van der Waals surface area contributed by atoms with E-state index in [0.717, 1.165) is 24.0 Å². The maximum absolute atomic E-state index is 13.0. The molecule has 2 aromatic carbocycles. The van der Waals surface area contributed by atoms with Gasteiger partial charge in [0.05, 0.1) is 5.56 Å². The SMILES string of the molecule is CCC(=O)N1CCC[C@H]1C(=O)Nc1ccc(C=Cc2ccc(NC(=O)[C@@H]3CCCN3C(=O)c3cccnc3)cc2)cc1. The highest BCUT2D eigenvalue weighted by Crippen LogP contribution is 2.23. The highest BCUT2D eigenvalue weighted by Gasteiger charge is 2.35. The normalized spacial score (nSPS) is 18.3.